The van der Waals surface area contributed by atoms with Gasteiger partial charge in [0.25, 0.3) is 0 Å². The molecule has 4 nitrogen and oxygen atoms in total. The Morgan fingerprint density at radius 1 is 1.32 bits per heavy atom. The van der Waals surface area contributed by atoms with Crippen molar-refractivity contribution >= 4 is 5.97 Å². The highest BCUT2D eigenvalue weighted by Gasteiger charge is 2.32. The molecule has 0 amide bonds. The molecule has 0 heterocycles. The van der Waals surface area contributed by atoms with Gasteiger partial charge in [0.15, 0.2) is 0 Å². The van der Waals surface area contributed by atoms with Gasteiger partial charge in [-0.15, -0.1) is 0 Å². The second-order valence-corrected chi connectivity index (χ2v) is 4.92. The van der Waals surface area contributed by atoms with Gasteiger partial charge in [-0.05, 0) is 33.5 Å². The molecule has 0 unspecified atom stereocenters. The molecule has 0 aliphatic rings. The van der Waals surface area contributed by atoms with Crippen LogP contribution < -0.4 is 5.73 Å². The van der Waals surface area contributed by atoms with Gasteiger partial charge in [-0.1, -0.05) is 30.3 Å². The second-order valence-electron chi connectivity index (χ2n) is 4.92. The van der Waals surface area contributed by atoms with Crippen molar-refractivity contribution in [3.63, 3.8) is 0 Å². The van der Waals surface area contributed by atoms with E-state index in [1.54, 1.807) is 6.92 Å². The van der Waals surface area contributed by atoms with Crippen LogP contribution in [0.5, 0.6) is 0 Å². The number of carbonyl (C=O) groups excluding carboxylic acids is 1. The van der Waals surface area contributed by atoms with Crippen molar-refractivity contribution in [1.29, 1.82) is 0 Å². The SMILES string of the molecule is CCOC(=O)[C@H](N)[C@@H](c1ccccc1)[C@H](C)N(C)C. The first-order valence-corrected chi connectivity index (χ1v) is 6.62. The Morgan fingerprint density at radius 3 is 2.37 bits per heavy atom. The van der Waals surface area contributed by atoms with E-state index >= 15 is 0 Å². The standard InChI is InChI=1S/C15H24N2O2/c1-5-19-15(18)14(16)13(11(2)17(3)4)12-9-7-6-8-10-12/h6-11,13-14H,5,16H2,1-4H3/t11-,13+,14+/m0/s1. The summed E-state index contributed by atoms with van der Waals surface area (Å²) in [4.78, 5) is 14.0. The molecule has 0 saturated heterocycles. The second kappa shape index (κ2) is 7.26. The van der Waals surface area contributed by atoms with Crippen LogP contribution in [0.25, 0.3) is 0 Å². The highest BCUT2D eigenvalue weighted by atomic mass is 16.5. The zero-order valence-electron chi connectivity index (χ0n) is 12.2. The molecule has 0 bridgehead atoms. The summed E-state index contributed by atoms with van der Waals surface area (Å²) in [6.45, 7) is 4.21. The van der Waals surface area contributed by atoms with E-state index in [2.05, 4.69) is 11.8 Å². The highest BCUT2D eigenvalue weighted by molar-refractivity contribution is 5.77. The van der Waals surface area contributed by atoms with E-state index in [9.17, 15) is 4.79 Å². The van der Waals surface area contributed by atoms with Crippen LogP contribution in [0.1, 0.15) is 25.3 Å². The Hall–Kier alpha value is -1.39. The minimum Gasteiger partial charge on any atom is -0.465 e. The van der Waals surface area contributed by atoms with Crippen molar-refractivity contribution in [2.24, 2.45) is 5.73 Å². The molecule has 0 saturated carbocycles. The maximum Gasteiger partial charge on any atom is 0.323 e. The first-order chi connectivity index (χ1) is 8.99. The lowest BCUT2D eigenvalue weighted by molar-refractivity contribution is -0.145. The minimum absolute atomic E-state index is 0.0877. The van der Waals surface area contributed by atoms with Crippen molar-refractivity contribution in [1.82, 2.24) is 4.90 Å². The smallest absolute Gasteiger partial charge is 0.323 e. The number of benzene rings is 1. The van der Waals surface area contributed by atoms with Gasteiger partial charge in [-0.25, -0.2) is 0 Å². The molecule has 1 aromatic carbocycles. The predicted octanol–water partition coefficient (Wildman–Crippen LogP) is 1.61. The molecular weight excluding hydrogens is 240 g/mol. The summed E-state index contributed by atoms with van der Waals surface area (Å²) in [5.74, 6) is -0.430. The maximum absolute atomic E-state index is 11.9. The largest absolute Gasteiger partial charge is 0.465 e. The lowest BCUT2D eigenvalue weighted by Gasteiger charge is -2.32. The van der Waals surface area contributed by atoms with Crippen LogP contribution in [0.2, 0.25) is 0 Å². The van der Waals surface area contributed by atoms with Crippen molar-refractivity contribution < 1.29 is 9.53 Å². The molecule has 0 aliphatic heterocycles. The Kier molecular flexibility index (Phi) is 5.99. The number of esters is 1. The number of rotatable bonds is 6. The van der Waals surface area contributed by atoms with E-state index in [1.807, 2.05) is 44.4 Å². The zero-order chi connectivity index (χ0) is 14.4. The third-order valence-corrected chi connectivity index (χ3v) is 3.46. The summed E-state index contributed by atoms with van der Waals surface area (Å²) in [6.07, 6.45) is 0. The Bertz CT molecular complexity index is 392. The molecule has 0 aliphatic carbocycles. The molecule has 0 spiro atoms. The number of hydrogen-bond acceptors (Lipinski definition) is 4. The molecule has 1 aromatic rings. The molecule has 0 aromatic heterocycles. The van der Waals surface area contributed by atoms with Gasteiger partial charge < -0.3 is 15.4 Å². The van der Waals surface area contributed by atoms with Gasteiger partial charge in [0, 0.05) is 12.0 Å². The summed E-state index contributed by atoms with van der Waals surface area (Å²) in [6, 6.07) is 9.37. The summed E-state index contributed by atoms with van der Waals surface area (Å²) in [5, 5.41) is 0. The quantitative estimate of drug-likeness (QED) is 0.793. The molecular formula is C15H24N2O2. The lowest BCUT2D eigenvalue weighted by atomic mass is 9.85. The van der Waals surface area contributed by atoms with Crippen LogP contribution >= 0.6 is 0 Å². The van der Waals surface area contributed by atoms with E-state index in [0.717, 1.165) is 5.56 Å². The van der Waals surface area contributed by atoms with Gasteiger partial charge in [-0.3, -0.25) is 4.79 Å². The fourth-order valence-corrected chi connectivity index (χ4v) is 2.17. The van der Waals surface area contributed by atoms with Crippen molar-refractivity contribution in [2.75, 3.05) is 20.7 Å². The molecule has 0 radical (unpaired) electrons. The topological polar surface area (TPSA) is 55.6 Å². The number of hydrogen-bond donors (Lipinski definition) is 1. The normalized spacial score (nSPS) is 15.9. The molecule has 1 rings (SSSR count). The number of nitrogens with two attached hydrogens (primary N) is 1. The average molecular weight is 264 g/mol. The van der Waals surface area contributed by atoms with E-state index in [1.165, 1.54) is 0 Å². The van der Waals surface area contributed by atoms with E-state index in [-0.39, 0.29) is 17.9 Å². The van der Waals surface area contributed by atoms with Crippen molar-refractivity contribution in [2.45, 2.75) is 31.8 Å². The number of carbonyl (C=O) groups is 1. The summed E-state index contributed by atoms with van der Waals surface area (Å²) in [5.41, 5.74) is 7.18. The van der Waals surface area contributed by atoms with Gasteiger partial charge in [0.2, 0.25) is 0 Å². The monoisotopic (exact) mass is 264 g/mol. The van der Waals surface area contributed by atoms with Crippen LogP contribution in [0, 0.1) is 0 Å². The maximum atomic E-state index is 11.9. The molecule has 4 heteroatoms. The predicted molar refractivity (Wildman–Crippen MR) is 76.9 cm³/mol. The Morgan fingerprint density at radius 2 is 1.89 bits per heavy atom. The van der Waals surface area contributed by atoms with Crippen molar-refractivity contribution in [3.8, 4) is 0 Å². The molecule has 19 heavy (non-hydrogen) atoms. The third kappa shape index (κ3) is 4.04. The highest BCUT2D eigenvalue weighted by Crippen LogP contribution is 2.25. The molecule has 2 N–H and O–H groups in total. The lowest BCUT2D eigenvalue weighted by Crippen LogP contribution is -2.46. The van der Waals surface area contributed by atoms with Crippen LogP contribution in [-0.2, 0) is 9.53 Å². The van der Waals surface area contributed by atoms with Gasteiger partial charge in [0.05, 0.1) is 6.61 Å². The molecule has 106 valence electrons. The first-order valence-electron chi connectivity index (χ1n) is 6.62. The van der Waals surface area contributed by atoms with Crippen LogP contribution in [0.15, 0.2) is 30.3 Å². The summed E-state index contributed by atoms with van der Waals surface area (Å²) in [7, 11) is 3.97. The van der Waals surface area contributed by atoms with Gasteiger partial charge >= 0.3 is 5.97 Å². The van der Waals surface area contributed by atoms with E-state index < -0.39 is 6.04 Å². The zero-order valence-corrected chi connectivity index (χ0v) is 12.2. The van der Waals surface area contributed by atoms with Crippen molar-refractivity contribution in [3.05, 3.63) is 35.9 Å². The summed E-state index contributed by atoms with van der Waals surface area (Å²) < 4.78 is 5.05. The molecule has 3 atom stereocenters. The van der Waals surface area contributed by atoms with E-state index in [4.69, 9.17) is 10.5 Å². The number of nitrogens with zero attached hydrogens (tertiary/aromatic N) is 1. The van der Waals surface area contributed by atoms with Gasteiger partial charge in [0.1, 0.15) is 6.04 Å². The Labute approximate surface area is 115 Å². The number of likely N-dealkylation sites (N-methyl/N-ethyl adjacent to an activating group) is 1. The number of ether oxygens (including phenoxy) is 1. The first kappa shape index (κ1) is 15.7. The average Bonchev–Trinajstić information content (AvgIpc) is 2.40. The fraction of sp³-hybridized carbons (Fsp3) is 0.533. The summed E-state index contributed by atoms with van der Waals surface area (Å²) >= 11 is 0. The van der Waals surface area contributed by atoms with Gasteiger partial charge in [-0.2, -0.15) is 0 Å². The van der Waals surface area contributed by atoms with Crippen LogP contribution in [0.3, 0.4) is 0 Å². The van der Waals surface area contributed by atoms with E-state index in [0.29, 0.717) is 6.61 Å². The Balaban J connectivity index is 3.02. The molecule has 0 fully saturated rings. The van der Waals surface area contributed by atoms with Crippen LogP contribution in [-0.4, -0.2) is 43.7 Å². The third-order valence-electron chi connectivity index (χ3n) is 3.46. The van der Waals surface area contributed by atoms with Crippen LogP contribution in [0.4, 0.5) is 0 Å². The fourth-order valence-electron chi connectivity index (χ4n) is 2.17. The minimum atomic E-state index is -0.653.